The van der Waals surface area contributed by atoms with Crippen molar-refractivity contribution in [2.45, 2.75) is 32.0 Å². The van der Waals surface area contributed by atoms with Gasteiger partial charge in [0.05, 0.1) is 5.92 Å². The second-order valence-electron chi connectivity index (χ2n) is 5.52. The molecule has 118 valence electrons. The third-order valence-corrected chi connectivity index (χ3v) is 4.89. The molecule has 6 heteroatoms. The number of benzene rings is 1. The number of rotatable bonds is 3. The molecule has 1 heterocycles. The molecule has 2 nitrogen and oxygen atoms in total. The molecule has 0 amide bonds. The van der Waals surface area contributed by atoms with Crippen molar-refractivity contribution in [3.05, 3.63) is 28.2 Å². The molecule has 0 aliphatic carbocycles. The first-order chi connectivity index (χ1) is 9.82. The van der Waals surface area contributed by atoms with E-state index in [-0.39, 0.29) is 18.9 Å². The van der Waals surface area contributed by atoms with Crippen molar-refractivity contribution in [3.63, 3.8) is 0 Å². The summed E-state index contributed by atoms with van der Waals surface area (Å²) < 4.78 is 39.0. The van der Waals surface area contributed by atoms with Crippen molar-refractivity contribution >= 4 is 21.6 Å². The maximum Gasteiger partial charge on any atom is 0.391 e. The Bertz CT molecular complexity index is 482. The number of nitrogens with zero attached hydrogens (tertiary/aromatic N) is 1. The van der Waals surface area contributed by atoms with E-state index in [0.717, 1.165) is 15.7 Å². The van der Waals surface area contributed by atoms with Gasteiger partial charge in [0, 0.05) is 29.3 Å². The van der Waals surface area contributed by atoms with E-state index in [2.05, 4.69) is 28.2 Å². The molecule has 0 bridgehead atoms. The van der Waals surface area contributed by atoms with E-state index in [0.29, 0.717) is 13.1 Å². The fraction of sp³-hybridized carbons (Fsp3) is 0.600. The highest BCUT2D eigenvalue weighted by molar-refractivity contribution is 9.10. The number of hydrogen-bond donors (Lipinski definition) is 1. The van der Waals surface area contributed by atoms with Crippen molar-refractivity contribution in [3.8, 4) is 0 Å². The van der Waals surface area contributed by atoms with Crippen LogP contribution in [-0.4, -0.2) is 26.3 Å². The van der Waals surface area contributed by atoms with Gasteiger partial charge < -0.3 is 10.2 Å². The molecule has 1 N–H and O–H groups in total. The minimum Gasteiger partial charge on any atom is -0.371 e. The van der Waals surface area contributed by atoms with Crippen LogP contribution in [0.5, 0.6) is 0 Å². The molecular weight excluding hydrogens is 345 g/mol. The van der Waals surface area contributed by atoms with Crippen molar-refractivity contribution < 1.29 is 13.2 Å². The van der Waals surface area contributed by atoms with Crippen LogP contribution in [0.3, 0.4) is 0 Å². The van der Waals surface area contributed by atoms with E-state index in [1.165, 1.54) is 0 Å². The summed E-state index contributed by atoms with van der Waals surface area (Å²) in [6.45, 7) is 2.98. The maximum absolute atomic E-state index is 12.7. The fourth-order valence-corrected chi connectivity index (χ4v) is 3.39. The lowest BCUT2D eigenvalue weighted by atomic mass is 9.96. The molecular formula is C15H20BrF3N2. The maximum atomic E-state index is 12.7. The second-order valence-corrected chi connectivity index (χ2v) is 6.37. The first kappa shape index (κ1) is 16.6. The molecule has 0 saturated carbocycles. The zero-order valence-electron chi connectivity index (χ0n) is 12.2. The molecule has 1 aliphatic heterocycles. The van der Waals surface area contributed by atoms with E-state index in [1.54, 1.807) is 0 Å². The van der Waals surface area contributed by atoms with Crippen molar-refractivity contribution in [2.24, 2.45) is 5.92 Å². The third kappa shape index (κ3) is 3.92. The molecule has 1 aromatic rings. The average Bonchev–Trinajstić information content (AvgIpc) is 2.45. The van der Waals surface area contributed by atoms with Gasteiger partial charge in [-0.3, -0.25) is 0 Å². The fourth-order valence-electron chi connectivity index (χ4n) is 2.68. The van der Waals surface area contributed by atoms with Crippen molar-refractivity contribution in [1.82, 2.24) is 5.32 Å². The third-order valence-electron chi connectivity index (χ3n) is 4.21. The molecule has 1 atom stereocenters. The van der Waals surface area contributed by atoms with Gasteiger partial charge in [0.1, 0.15) is 0 Å². The van der Waals surface area contributed by atoms with Gasteiger partial charge in [-0.2, -0.15) is 13.2 Å². The summed E-state index contributed by atoms with van der Waals surface area (Å²) in [4.78, 5) is 2.03. The summed E-state index contributed by atoms with van der Waals surface area (Å²) in [5.41, 5.74) is 2.13. The number of hydrogen-bond acceptors (Lipinski definition) is 2. The largest absolute Gasteiger partial charge is 0.391 e. The Morgan fingerprint density at radius 2 is 1.90 bits per heavy atom. The SMILES string of the molecule is CNC(C)c1ccc(N2CCC(C(F)(F)F)CC2)cc1Br. The quantitative estimate of drug-likeness (QED) is 0.848. The number of halogens is 4. The predicted octanol–water partition coefficient (Wildman–Crippen LogP) is 4.51. The lowest BCUT2D eigenvalue weighted by molar-refractivity contribution is -0.179. The van der Waals surface area contributed by atoms with Gasteiger partial charge >= 0.3 is 6.18 Å². The highest BCUT2D eigenvalue weighted by Gasteiger charge is 2.41. The molecule has 1 unspecified atom stereocenters. The van der Waals surface area contributed by atoms with Crippen molar-refractivity contribution in [1.29, 1.82) is 0 Å². The highest BCUT2D eigenvalue weighted by atomic mass is 79.9. The Kier molecular flexibility index (Phi) is 5.20. The second kappa shape index (κ2) is 6.57. The number of nitrogens with one attached hydrogen (secondary N) is 1. The molecule has 1 fully saturated rings. The topological polar surface area (TPSA) is 15.3 Å². The molecule has 21 heavy (non-hydrogen) atoms. The van der Waals surface area contributed by atoms with Gasteiger partial charge in [0.15, 0.2) is 0 Å². The summed E-state index contributed by atoms with van der Waals surface area (Å²) in [5.74, 6) is -1.15. The highest BCUT2D eigenvalue weighted by Crippen LogP contribution is 2.36. The van der Waals surface area contributed by atoms with Crippen LogP contribution >= 0.6 is 15.9 Å². The van der Waals surface area contributed by atoms with E-state index in [9.17, 15) is 13.2 Å². The van der Waals surface area contributed by atoms with Crippen LogP contribution in [0, 0.1) is 5.92 Å². The molecule has 0 radical (unpaired) electrons. The summed E-state index contributed by atoms with van der Waals surface area (Å²) >= 11 is 3.55. The lowest BCUT2D eigenvalue weighted by Gasteiger charge is -2.34. The van der Waals surface area contributed by atoms with Gasteiger partial charge in [-0.25, -0.2) is 0 Å². The average molecular weight is 365 g/mol. The van der Waals surface area contributed by atoms with Crippen LogP contribution < -0.4 is 10.2 Å². The molecule has 1 aromatic carbocycles. The van der Waals surface area contributed by atoms with Crippen LogP contribution in [0.15, 0.2) is 22.7 Å². The van der Waals surface area contributed by atoms with Crippen LogP contribution in [0.4, 0.5) is 18.9 Å². The first-order valence-corrected chi connectivity index (χ1v) is 7.90. The van der Waals surface area contributed by atoms with E-state index in [4.69, 9.17) is 0 Å². The number of alkyl halides is 3. The first-order valence-electron chi connectivity index (χ1n) is 7.11. The zero-order valence-corrected chi connectivity index (χ0v) is 13.8. The van der Waals surface area contributed by atoms with E-state index in [1.807, 2.05) is 30.1 Å². The standard InChI is InChI=1S/C15H20BrF3N2/c1-10(20-2)13-4-3-12(9-14(13)16)21-7-5-11(6-8-21)15(17,18)19/h3-4,9-11,20H,5-8H2,1-2H3. The molecule has 1 saturated heterocycles. The Morgan fingerprint density at radius 3 is 2.38 bits per heavy atom. The smallest absolute Gasteiger partial charge is 0.371 e. The Balaban J connectivity index is 2.06. The Labute approximate surface area is 131 Å². The monoisotopic (exact) mass is 364 g/mol. The summed E-state index contributed by atoms with van der Waals surface area (Å²) in [6.07, 6.45) is -3.70. The van der Waals surface area contributed by atoms with E-state index >= 15 is 0 Å². The summed E-state index contributed by atoms with van der Waals surface area (Å²) in [7, 11) is 1.90. The van der Waals surface area contributed by atoms with Gasteiger partial charge in [-0.15, -0.1) is 0 Å². The van der Waals surface area contributed by atoms with Gasteiger partial charge in [-0.05, 0) is 44.5 Å². The van der Waals surface area contributed by atoms with Crippen LogP contribution in [0.2, 0.25) is 0 Å². The number of piperidine rings is 1. The van der Waals surface area contributed by atoms with E-state index < -0.39 is 12.1 Å². The Morgan fingerprint density at radius 1 is 1.29 bits per heavy atom. The van der Waals surface area contributed by atoms with Gasteiger partial charge in [-0.1, -0.05) is 22.0 Å². The number of anilines is 1. The molecule has 2 rings (SSSR count). The summed E-state index contributed by atoms with van der Waals surface area (Å²) in [6, 6.07) is 6.24. The summed E-state index contributed by atoms with van der Waals surface area (Å²) in [5, 5.41) is 3.17. The normalized spacial score (nSPS) is 18.9. The molecule has 0 aromatic heterocycles. The van der Waals surface area contributed by atoms with Gasteiger partial charge in [0.25, 0.3) is 0 Å². The predicted molar refractivity (Wildman–Crippen MR) is 82.6 cm³/mol. The Hall–Kier alpha value is -0.750. The minimum atomic E-state index is -4.06. The molecule has 1 aliphatic rings. The van der Waals surface area contributed by atoms with Crippen LogP contribution in [0.1, 0.15) is 31.4 Å². The molecule has 0 spiro atoms. The zero-order chi connectivity index (χ0) is 15.6. The van der Waals surface area contributed by atoms with Crippen LogP contribution in [-0.2, 0) is 0 Å². The van der Waals surface area contributed by atoms with Crippen molar-refractivity contribution in [2.75, 3.05) is 25.0 Å². The minimum absolute atomic E-state index is 0.176. The van der Waals surface area contributed by atoms with Gasteiger partial charge in [0.2, 0.25) is 0 Å². The van der Waals surface area contributed by atoms with Crippen LogP contribution in [0.25, 0.3) is 0 Å². The lowest BCUT2D eigenvalue weighted by Crippen LogP contribution is -2.39.